The summed E-state index contributed by atoms with van der Waals surface area (Å²) in [7, 11) is 0. The Balaban J connectivity index is 0.000000179. The van der Waals surface area contributed by atoms with E-state index >= 15 is 0 Å². The zero-order valence-corrected chi connectivity index (χ0v) is 25.7. The van der Waals surface area contributed by atoms with Crippen LogP contribution >= 0.6 is 99.6 Å². The van der Waals surface area contributed by atoms with Gasteiger partial charge in [-0.3, -0.25) is 9.78 Å². The Kier molecular flexibility index (Phi) is 11.7. The number of H-pyrrole nitrogens is 1. The number of alkyl halides is 1. The van der Waals surface area contributed by atoms with Gasteiger partial charge < -0.3 is 0 Å². The quantitative estimate of drug-likeness (QED) is 0.166. The minimum atomic E-state index is 0.982. The van der Waals surface area contributed by atoms with Crippen molar-refractivity contribution in [2.24, 2.45) is 0 Å². The third-order valence-corrected chi connectivity index (χ3v) is 7.45. The zero-order valence-electron chi connectivity index (χ0n) is 16.0. The molecule has 0 spiro atoms. The lowest BCUT2D eigenvalue weighted by Gasteiger charge is -2.00. The summed E-state index contributed by atoms with van der Waals surface area (Å²) < 4.78 is 7.70. The molecular weight excluding hydrogens is 837 g/mol. The molecule has 4 aromatic rings. The Morgan fingerprint density at radius 2 is 1.59 bits per heavy atom. The maximum Gasteiger partial charge on any atom is 0.131 e. The van der Waals surface area contributed by atoms with Crippen molar-refractivity contribution in [1.29, 1.82) is 0 Å². The van der Waals surface area contributed by atoms with Gasteiger partial charge in [-0.2, -0.15) is 10.2 Å². The highest BCUT2D eigenvalue weighted by Crippen LogP contribution is 2.24. The smallest absolute Gasteiger partial charge is 0.131 e. The number of nitrogens with zero attached hydrogens (tertiary/aromatic N) is 3. The molecule has 156 valence electrons. The summed E-state index contributed by atoms with van der Waals surface area (Å²) in [5.74, 6) is 0. The van der Waals surface area contributed by atoms with Crippen molar-refractivity contribution in [2.45, 2.75) is 33.2 Å². The minimum absolute atomic E-state index is 0.982. The Bertz CT molecular complexity index is 1060. The lowest BCUT2D eigenvalue weighted by Crippen LogP contribution is -1.98. The number of fused-ring (bicyclic) bond motifs is 2. The van der Waals surface area contributed by atoms with E-state index in [1.165, 1.54) is 27.1 Å². The molecule has 2 heterocycles. The fourth-order valence-electron chi connectivity index (χ4n) is 2.44. The van der Waals surface area contributed by atoms with Gasteiger partial charge >= 0.3 is 0 Å². The largest absolute Gasteiger partial charge is 0.271 e. The van der Waals surface area contributed by atoms with E-state index in [9.17, 15) is 0 Å². The van der Waals surface area contributed by atoms with Crippen LogP contribution in [0.2, 0.25) is 0 Å². The van der Waals surface area contributed by atoms with Crippen LogP contribution < -0.4 is 0 Å². The summed E-state index contributed by atoms with van der Waals surface area (Å²) in [6.45, 7) is 5.32. The number of aromatic nitrogens is 4. The predicted octanol–water partition coefficient (Wildman–Crippen LogP) is 8.57. The molecule has 2 aromatic heterocycles. The molecule has 0 aliphatic heterocycles. The first-order valence-corrected chi connectivity index (χ1v) is 14.3. The summed E-state index contributed by atoms with van der Waals surface area (Å²) in [6, 6.07) is 12.3. The maximum absolute atomic E-state index is 4.50. The second-order valence-electron chi connectivity index (χ2n) is 6.06. The minimum Gasteiger partial charge on any atom is -0.271 e. The number of halogens is 5. The van der Waals surface area contributed by atoms with Crippen LogP contribution in [0.3, 0.4) is 0 Å². The summed E-state index contributed by atoms with van der Waals surface area (Å²) >= 11 is 13.7. The van der Waals surface area contributed by atoms with E-state index < -0.39 is 0 Å². The van der Waals surface area contributed by atoms with Crippen LogP contribution in [0.5, 0.6) is 0 Å². The number of nitrogens with one attached hydrogen (secondary N) is 1. The molecule has 0 fully saturated rings. The van der Waals surface area contributed by atoms with Gasteiger partial charge in [0.05, 0.1) is 11.0 Å². The molecule has 2 aromatic carbocycles. The number of aryl methyl sites for hydroxylation is 1. The molecule has 0 saturated carbocycles. The van der Waals surface area contributed by atoms with E-state index in [2.05, 4.69) is 152 Å². The van der Waals surface area contributed by atoms with Crippen molar-refractivity contribution in [1.82, 2.24) is 20.0 Å². The fraction of sp³-hybridized carbons (Fsp3) is 0.300. The molecule has 0 radical (unpaired) electrons. The molecule has 0 aliphatic rings. The summed E-state index contributed by atoms with van der Waals surface area (Å²) in [5.41, 5.74) is 2.22. The topological polar surface area (TPSA) is 46.5 Å². The second kappa shape index (κ2) is 13.2. The zero-order chi connectivity index (χ0) is 21.4. The third-order valence-electron chi connectivity index (χ3n) is 3.76. The van der Waals surface area contributed by atoms with Crippen molar-refractivity contribution in [2.75, 3.05) is 4.43 Å². The van der Waals surface area contributed by atoms with E-state index in [0.29, 0.717) is 0 Å². The van der Waals surface area contributed by atoms with Crippen molar-refractivity contribution < 1.29 is 0 Å². The van der Waals surface area contributed by atoms with E-state index in [4.69, 9.17) is 0 Å². The molecule has 4 nitrogen and oxygen atoms in total. The van der Waals surface area contributed by atoms with Gasteiger partial charge in [0, 0.05) is 26.3 Å². The molecule has 0 amide bonds. The average Bonchev–Trinajstić information content (AvgIpc) is 3.22. The van der Waals surface area contributed by atoms with Crippen molar-refractivity contribution >= 4 is 121 Å². The number of aromatic amines is 1. The highest BCUT2D eigenvalue weighted by Gasteiger charge is 2.07. The van der Waals surface area contributed by atoms with Crippen LogP contribution in [0.1, 0.15) is 26.7 Å². The van der Waals surface area contributed by atoms with Crippen molar-refractivity contribution in [3.05, 3.63) is 52.7 Å². The molecule has 0 aliphatic carbocycles. The van der Waals surface area contributed by atoms with Gasteiger partial charge in [0.1, 0.15) is 7.40 Å². The van der Waals surface area contributed by atoms with E-state index in [-0.39, 0.29) is 0 Å². The van der Waals surface area contributed by atoms with Gasteiger partial charge in [-0.1, -0.05) is 68.3 Å². The molecule has 0 bridgehead atoms. The first-order chi connectivity index (χ1) is 13.9. The summed E-state index contributed by atoms with van der Waals surface area (Å²) in [5, 5.41) is 14.0. The number of hydrogen-bond acceptors (Lipinski definition) is 2. The Labute approximate surface area is 229 Å². The van der Waals surface area contributed by atoms with Crippen LogP contribution in [0.15, 0.2) is 45.3 Å². The number of rotatable bonds is 3. The van der Waals surface area contributed by atoms with Crippen LogP contribution in [0.25, 0.3) is 21.8 Å². The van der Waals surface area contributed by atoms with Crippen molar-refractivity contribution in [3.63, 3.8) is 0 Å². The Morgan fingerprint density at radius 1 is 0.966 bits per heavy atom. The highest BCUT2D eigenvalue weighted by molar-refractivity contribution is 14.1. The first-order valence-electron chi connectivity index (χ1n) is 9.07. The first kappa shape index (κ1) is 25.8. The third kappa shape index (κ3) is 7.56. The van der Waals surface area contributed by atoms with E-state index in [1.807, 2.05) is 18.2 Å². The summed E-state index contributed by atoms with van der Waals surface area (Å²) in [6.07, 6.45) is 2.42. The van der Waals surface area contributed by atoms with Crippen molar-refractivity contribution in [3.8, 4) is 0 Å². The summed E-state index contributed by atoms with van der Waals surface area (Å²) in [4.78, 5) is 0. The molecule has 1 N–H and O–H groups in total. The van der Waals surface area contributed by atoms with Gasteiger partial charge in [-0.25, -0.2) is 0 Å². The molecule has 0 atom stereocenters. The highest BCUT2D eigenvalue weighted by atomic mass is 127. The van der Waals surface area contributed by atoms with Crippen LogP contribution in [0.4, 0.5) is 0 Å². The monoisotopic (exact) mass is 856 g/mol. The standard InChI is InChI=1S/C10H10BrIN2.C7H4BrIN2.C3H7I/c1-2-5-14-9-6-7(11)3-4-8(9)10(12)13-14;8-4-1-2-5-6(3-4)10-11-7(5)9;1-2-3-4/h3-4,6H,2,5H2,1H3;1-3H,(H,10,11);2-3H2,1H3. The normalized spacial score (nSPS) is 10.4. The average molecular weight is 858 g/mol. The van der Waals surface area contributed by atoms with E-state index in [1.54, 1.807) is 0 Å². The van der Waals surface area contributed by atoms with Gasteiger partial charge in [0.25, 0.3) is 0 Å². The van der Waals surface area contributed by atoms with Crippen LogP contribution in [-0.2, 0) is 6.54 Å². The molecular formula is C20H21Br2I3N4. The molecule has 9 heteroatoms. The Hall–Kier alpha value is 0.530. The van der Waals surface area contributed by atoms with Gasteiger partial charge in [-0.05, 0) is 98.8 Å². The molecule has 0 saturated heterocycles. The van der Waals surface area contributed by atoms with Gasteiger partial charge in [0.2, 0.25) is 0 Å². The second-order valence-corrected chi connectivity index (χ2v) is 11.1. The lowest BCUT2D eigenvalue weighted by molar-refractivity contribution is 0.618. The number of hydrogen-bond donors (Lipinski definition) is 1. The van der Waals surface area contributed by atoms with Gasteiger partial charge in [0.15, 0.2) is 0 Å². The predicted molar refractivity (Wildman–Crippen MR) is 156 cm³/mol. The molecule has 29 heavy (non-hydrogen) atoms. The van der Waals surface area contributed by atoms with Gasteiger partial charge in [-0.15, -0.1) is 0 Å². The fourth-order valence-corrected chi connectivity index (χ4v) is 4.43. The Morgan fingerprint density at radius 3 is 2.21 bits per heavy atom. The SMILES string of the molecule is Brc1ccc2c(I)[nH]nc2c1.CCCI.CCCn1nc(I)c2ccc(Br)cc21. The number of benzene rings is 2. The van der Waals surface area contributed by atoms with Crippen LogP contribution in [0, 0.1) is 7.40 Å². The maximum atomic E-state index is 4.50. The lowest BCUT2D eigenvalue weighted by atomic mass is 10.2. The van der Waals surface area contributed by atoms with Crippen LogP contribution in [-0.4, -0.2) is 24.4 Å². The molecule has 0 unspecified atom stereocenters. The molecule has 4 rings (SSSR count). The van der Waals surface area contributed by atoms with E-state index in [0.717, 1.165) is 34.8 Å².